The van der Waals surface area contributed by atoms with Crippen LogP contribution in [0.2, 0.25) is 0 Å². The molecule has 1 saturated heterocycles. The fourth-order valence-electron chi connectivity index (χ4n) is 3.55. The summed E-state index contributed by atoms with van der Waals surface area (Å²) >= 11 is 0. The smallest absolute Gasteiger partial charge is 0.251 e. The summed E-state index contributed by atoms with van der Waals surface area (Å²) in [6.45, 7) is 7.68. The molecule has 2 amide bonds. The molecule has 0 radical (unpaired) electrons. The number of hydrogen-bond donors (Lipinski definition) is 1. The van der Waals surface area contributed by atoms with E-state index >= 15 is 0 Å². The Kier molecular flexibility index (Phi) is 6.18. The minimum Gasteiger partial charge on any atom is -0.349 e. The molecule has 2 aromatic carbocycles. The van der Waals surface area contributed by atoms with Gasteiger partial charge in [-0.3, -0.25) is 9.59 Å². The minimum atomic E-state index is -0.0425. The predicted molar refractivity (Wildman–Crippen MR) is 113 cm³/mol. The van der Waals surface area contributed by atoms with Gasteiger partial charge in [-0.1, -0.05) is 63.2 Å². The SMILES string of the molecule is CC(C)(C)CC(=O)N1CCC(NC(=O)c2ccc(-c3ccccc3)cc2)CC1. The number of carbonyl (C=O) groups is 2. The Morgan fingerprint density at radius 1 is 0.929 bits per heavy atom. The summed E-state index contributed by atoms with van der Waals surface area (Å²) in [5, 5.41) is 3.13. The molecule has 4 heteroatoms. The normalized spacial score (nSPS) is 15.3. The number of nitrogens with zero attached hydrogens (tertiary/aromatic N) is 1. The maximum absolute atomic E-state index is 12.6. The predicted octanol–water partition coefficient (Wildman–Crippen LogP) is 4.51. The van der Waals surface area contributed by atoms with E-state index in [4.69, 9.17) is 0 Å². The Labute approximate surface area is 167 Å². The van der Waals surface area contributed by atoms with Crippen molar-refractivity contribution in [3.8, 4) is 11.1 Å². The summed E-state index contributed by atoms with van der Waals surface area (Å²) in [7, 11) is 0. The van der Waals surface area contributed by atoms with Crippen LogP contribution in [0.5, 0.6) is 0 Å². The van der Waals surface area contributed by atoms with Gasteiger partial charge in [0.15, 0.2) is 0 Å². The summed E-state index contributed by atoms with van der Waals surface area (Å²) < 4.78 is 0. The highest BCUT2D eigenvalue weighted by atomic mass is 16.2. The molecule has 1 N–H and O–H groups in total. The molecule has 0 spiro atoms. The highest BCUT2D eigenvalue weighted by Crippen LogP contribution is 2.22. The monoisotopic (exact) mass is 378 g/mol. The maximum atomic E-state index is 12.6. The van der Waals surface area contributed by atoms with Crippen molar-refractivity contribution >= 4 is 11.8 Å². The first-order chi connectivity index (χ1) is 13.3. The number of rotatable bonds is 4. The number of likely N-dealkylation sites (tertiary alicyclic amines) is 1. The molecule has 0 saturated carbocycles. The molecule has 0 aliphatic carbocycles. The van der Waals surface area contributed by atoms with Crippen molar-refractivity contribution in [1.29, 1.82) is 0 Å². The first kappa shape index (κ1) is 20.1. The third kappa shape index (κ3) is 5.44. The second kappa shape index (κ2) is 8.59. The van der Waals surface area contributed by atoms with E-state index in [9.17, 15) is 9.59 Å². The fourth-order valence-corrected chi connectivity index (χ4v) is 3.55. The Morgan fingerprint density at radius 3 is 2.07 bits per heavy atom. The Morgan fingerprint density at radius 2 is 1.50 bits per heavy atom. The zero-order valence-corrected chi connectivity index (χ0v) is 17.1. The van der Waals surface area contributed by atoms with E-state index < -0.39 is 0 Å². The van der Waals surface area contributed by atoms with Crippen molar-refractivity contribution < 1.29 is 9.59 Å². The van der Waals surface area contributed by atoms with E-state index in [0.29, 0.717) is 25.1 Å². The van der Waals surface area contributed by atoms with E-state index in [1.807, 2.05) is 47.4 Å². The van der Waals surface area contributed by atoms with Crippen molar-refractivity contribution in [2.45, 2.75) is 46.1 Å². The summed E-state index contributed by atoms with van der Waals surface area (Å²) in [5.41, 5.74) is 2.92. The number of amides is 2. The summed E-state index contributed by atoms with van der Waals surface area (Å²) in [6.07, 6.45) is 2.19. The van der Waals surface area contributed by atoms with Crippen LogP contribution in [-0.4, -0.2) is 35.8 Å². The molecule has 148 valence electrons. The fraction of sp³-hybridized carbons (Fsp3) is 0.417. The topological polar surface area (TPSA) is 49.4 Å². The van der Waals surface area contributed by atoms with Crippen LogP contribution in [0.3, 0.4) is 0 Å². The third-order valence-electron chi connectivity index (χ3n) is 5.12. The lowest BCUT2D eigenvalue weighted by Crippen LogP contribution is -2.47. The number of hydrogen-bond acceptors (Lipinski definition) is 2. The van der Waals surface area contributed by atoms with Crippen LogP contribution < -0.4 is 5.32 Å². The molecule has 3 rings (SSSR count). The highest BCUT2D eigenvalue weighted by molar-refractivity contribution is 5.94. The van der Waals surface area contributed by atoms with Crippen LogP contribution in [0.1, 0.15) is 50.4 Å². The van der Waals surface area contributed by atoms with Crippen molar-refractivity contribution in [1.82, 2.24) is 10.2 Å². The molecule has 1 aliphatic rings. The number of nitrogens with one attached hydrogen (secondary N) is 1. The van der Waals surface area contributed by atoms with Gasteiger partial charge in [-0.2, -0.15) is 0 Å². The average Bonchev–Trinajstić information content (AvgIpc) is 2.68. The van der Waals surface area contributed by atoms with Gasteiger partial charge >= 0.3 is 0 Å². The molecule has 0 unspecified atom stereocenters. The van der Waals surface area contributed by atoms with Gasteiger partial charge in [-0.25, -0.2) is 0 Å². The van der Waals surface area contributed by atoms with Crippen LogP contribution in [0.15, 0.2) is 54.6 Å². The van der Waals surface area contributed by atoms with Gasteiger partial charge in [0.25, 0.3) is 5.91 Å². The number of carbonyl (C=O) groups excluding carboxylic acids is 2. The molecule has 1 aliphatic heterocycles. The number of benzene rings is 2. The van der Waals surface area contributed by atoms with Crippen LogP contribution in [-0.2, 0) is 4.79 Å². The lowest BCUT2D eigenvalue weighted by Gasteiger charge is -2.34. The average molecular weight is 379 g/mol. The van der Waals surface area contributed by atoms with Crippen LogP contribution >= 0.6 is 0 Å². The molecule has 4 nitrogen and oxygen atoms in total. The second-order valence-electron chi connectivity index (χ2n) is 8.81. The van der Waals surface area contributed by atoms with Gasteiger partial charge in [0, 0.05) is 31.1 Å². The summed E-state index contributed by atoms with van der Waals surface area (Å²) in [6, 6.07) is 18.0. The minimum absolute atomic E-state index is 0.00800. The molecule has 28 heavy (non-hydrogen) atoms. The molecule has 2 aromatic rings. The van der Waals surface area contributed by atoms with Gasteiger partial charge in [0.2, 0.25) is 5.91 Å². The van der Waals surface area contributed by atoms with E-state index in [1.165, 1.54) is 0 Å². The molecule has 1 fully saturated rings. The van der Waals surface area contributed by atoms with E-state index in [2.05, 4.69) is 38.2 Å². The molecule has 1 heterocycles. The Hall–Kier alpha value is -2.62. The van der Waals surface area contributed by atoms with Crippen molar-refractivity contribution in [3.05, 3.63) is 60.2 Å². The van der Waals surface area contributed by atoms with Crippen LogP contribution in [0.4, 0.5) is 0 Å². The lowest BCUT2D eigenvalue weighted by atomic mass is 9.91. The van der Waals surface area contributed by atoms with Crippen molar-refractivity contribution in [3.63, 3.8) is 0 Å². The largest absolute Gasteiger partial charge is 0.349 e. The van der Waals surface area contributed by atoms with Crippen molar-refractivity contribution in [2.24, 2.45) is 5.41 Å². The second-order valence-corrected chi connectivity index (χ2v) is 8.81. The first-order valence-corrected chi connectivity index (χ1v) is 10.1. The molecule has 0 atom stereocenters. The summed E-state index contributed by atoms with van der Waals surface area (Å²) in [5.74, 6) is 0.174. The van der Waals surface area contributed by atoms with Gasteiger partial charge in [0.1, 0.15) is 0 Å². The molecular weight excluding hydrogens is 348 g/mol. The Balaban J connectivity index is 1.51. The van der Waals surface area contributed by atoms with Crippen LogP contribution in [0.25, 0.3) is 11.1 Å². The van der Waals surface area contributed by atoms with Gasteiger partial charge in [0.05, 0.1) is 0 Å². The third-order valence-corrected chi connectivity index (χ3v) is 5.12. The molecule has 0 aromatic heterocycles. The summed E-state index contributed by atoms with van der Waals surface area (Å²) in [4.78, 5) is 26.9. The standard InChI is InChI=1S/C24H30N2O2/c1-24(2,3)17-22(27)26-15-13-21(14-16-26)25-23(28)20-11-9-19(10-12-20)18-7-5-4-6-8-18/h4-12,21H,13-17H2,1-3H3,(H,25,28). The molecular formula is C24H30N2O2. The zero-order chi connectivity index (χ0) is 20.1. The van der Waals surface area contributed by atoms with Gasteiger partial charge < -0.3 is 10.2 Å². The van der Waals surface area contributed by atoms with E-state index in [-0.39, 0.29) is 23.3 Å². The molecule has 0 bridgehead atoms. The number of piperidine rings is 1. The van der Waals surface area contributed by atoms with Gasteiger partial charge in [-0.15, -0.1) is 0 Å². The maximum Gasteiger partial charge on any atom is 0.251 e. The highest BCUT2D eigenvalue weighted by Gasteiger charge is 2.26. The quantitative estimate of drug-likeness (QED) is 0.851. The van der Waals surface area contributed by atoms with Crippen LogP contribution in [0, 0.1) is 5.41 Å². The lowest BCUT2D eigenvalue weighted by molar-refractivity contribution is -0.134. The van der Waals surface area contributed by atoms with E-state index in [0.717, 1.165) is 24.0 Å². The Bertz CT molecular complexity index is 799. The van der Waals surface area contributed by atoms with E-state index in [1.54, 1.807) is 0 Å². The first-order valence-electron chi connectivity index (χ1n) is 10.1. The zero-order valence-electron chi connectivity index (χ0n) is 17.1. The van der Waals surface area contributed by atoms with Gasteiger partial charge in [-0.05, 0) is 41.5 Å². The van der Waals surface area contributed by atoms with Crippen molar-refractivity contribution in [2.75, 3.05) is 13.1 Å².